The predicted octanol–water partition coefficient (Wildman–Crippen LogP) is 6.39. The van der Waals surface area contributed by atoms with Crippen LogP contribution >= 0.6 is 23.4 Å². The molecule has 0 bridgehead atoms. The highest BCUT2D eigenvalue weighted by Crippen LogP contribution is 2.35. The van der Waals surface area contributed by atoms with Crippen molar-refractivity contribution in [3.63, 3.8) is 0 Å². The maximum atomic E-state index is 6.06. The van der Waals surface area contributed by atoms with E-state index in [1.54, 1.807) is 0 Å². The summed E-state index contributed by atoms with van der Waals surface area (Å²) in [6.07, 6.45) is 5.55. The van der Waals surface area contributed by atoms with Gasteiger partial charge in [-0.25, -0.2) is 4.98 Å². The van der Waals surface area contributed by atoms with E-state index in [1.807, 2.05) is 37.9 Å². The van der Waals surface area contributed by atoms with Crippen LogP contribution in [0, 0.1) is 0 Å². The van der Waals surface area contributed by atoms with E-state index in [4.69, 9.17) is 11.6 Å². The Kier molecular flexibility index (Phi) is 8.52. The molecule has 0 radical (unpaired) electrons. The Hall–Kier alpha value is -1.46. The van der Waals surface area contributed by atoms with Gasteiger partial charge in [0.05, 0.1) is 17.6 Å². The first-order valence-electron chi connectivity index (χ1n) is 9.43. The van der Waals surface area contributed by atoms with Crippen LogP contribution in [-0.4, -0.2) is 28.3 Å². The zero-order valence-corrected chi connectivity index (χ0v) is 17.7. The first-order valence-corrected chi connectivity index (χ1v) is 10.7. The largest absolute Gasteiger partial charge is 0.367 e. The lowest BCUT2D eigenvalue weighted by molar-refractivity contribution is 0.577. The number of halogens is 1. The lowest BCUT2D eigenvalue weighted by Crippen LogP contribution is -2.30. The van der Waals surface area contributed by atoms with Gasteiger partial charge in [0, 0.05) is 23.2 Å². The van der Waals surface area contributed by atoms with Crippen LogP contribution in [0.15, 0.2) is 35.4 Å². The molecule has 2 aromatic rings. The number of piperidine rings is 1. The molecule has 0 spiro atoms. The van der Waals surface area contributed by atoms with Crippen molar-refractivity contribution in [1.82, 2.24) is 9.97 Å². The molecule has 1 aliphatic heterocycles. The van der Waals surface area contributed by atoms with Crippen molar-refractivity contribution in [2.24, 2.45) is 0 Å². The summed E-state index contributed by atoms with van der Waals surface area (Å²) in [6, 6.07) is 8.32. The van der Waals surface area contributed by atoms with Crippen LogP contribution in [0.5, 0.6) is 0 Å². The van der Waals surface area contributed by atoms with Crippen molar-refractivity contribution in [3.8, 4) is 0 Å². The second-order valence-corrected chi connectivity index (χ2v) is 8.16. The lowest BCUT2D eigenvalue weighted by atomic mass is 10.1. The lowest BCUT2D eigenvalue weighted by Gasteiger charge is -2.30. The molecule has 1 fully saturated rings. The second-order valence-electron chi connectivity index (χ2n) is 6.21. The minimum absolute atomic E-state index is 0.271. The summed E-state index contributed by atoms with van der Waals surface area (Å²) in [7, 11) is 0. The number of anilines is 3. The van der Waals surface area contributed by atoms with Crippen molar-refractivity contribution in [3.05, 3.63) is 35.7 Å². The quantitative estimate of drug-likeness (QED) is 0.471. The molecule has 1 aliphatic rings. The smallest absolute Gasteiger partial charge is 0.224 e. The standard InChI is InChI=1S/C18H23ClN4S.C2H6/c1-13(2)24-16-9-5-4-8-14(16)21-17-15(12-20-18(19)22-17)23-10-6-3-7-11-23;1-2/h4-5,8-9,12-13H,3,6-7,10-11H2,1-2H3,(H,20,21,22);1-2H3. The van der Waals surface area contributed by atoms with Gasteiger partial charge in [0.15, 0.2) is 5.82 Å². The summed E-state index contributed by atoms with van der Waals surface area (Å²) in [4.78, 5) is 12.2. The number of nitrogens with zero attached hydrogens (tertiary/aromatic N) is 3. The average Bonchev–Trinajstić information content (AvgIpc) is 2.65. The minimum Gasteiger partial charge on any atom is -0.367 e. The van der Waals surface area contributed by atoms with Crippen LogP contribution < -0.4 is 10.2 Å². The Morgan fingerprint density at radius 1 is 1.12 bits per heavy atom. The highest BCUT2D eigenvalue weighted by Gasteiger charge is 2.17. The molecule has 1 aromatic heterocycles. The predicted molar refractivity (Wildman–Crippen MR) is 115 cm³/mol. The van der Waals surface area contributed by atoms with Crippen LogP contribution in [0.1, 0.15) is 47.0 Å². The summed E-state index contributed by atoms with van der Waals surface area (Å²) in [5.74, 6) is 0.786. The molecule has 0 unspecified atom stereocenters. The summed E-state index contributed by atoms with van der Waals surface area (Å²) in [5.41, 5.74) is 2.09. The van der Waals surface area contributed by atoms with E-state index < -0.39 is 0 Å². The van der Waals surface area contributed by atoms with Crippen molar-refractivity contribution in [2.45, 2.75) is 57.1 Å². The van der Waals surface area contributed by atoms with E-state index in [-0.39, 0.29) is 5.28 Å². The van der Waals surface area contributed by atoms with Gasteiger partial charge in [0.2, 0.25) is 5.28 Å². The van der Waals surface area contributed by atoms with Gasteiger partial charge in [0.1, 0.15) is 0 Å². The first-order chi connectivity index (χ1) is 12.6. The average molecular weight is 393 g/mol. The molecule has 26 heavy (non-hydrogen) atoms. The summed E-state index contributed by atoms with van der Waals surface area (Å²) >= 11 is 7.90. The maximum Gasteiger partial charge on any atom is 0.224 e. The normalized spacial score (nSPS) is 14.0. The highest BCUT2D eigenvalue weighted by molar-refractivity contribution is 8.00. The zero-order chi connectivity index (χ0) is 18.9. The van der Waals surface area contributed by atoms with Gasteiger partial charge in [-0.05, 0) is 43.0 Å². The third-order valence-electron chi connectivity index (χ3n) is 3.94. The van der Waals surface area contributed by atoms with Gasteiger partial charge in [-0.3, -0.25) is 0 Å². The Labute approximate surface area is 166 Å². The number of para-hydroxylation sites is 1. The fourth-order valence-electron chi connectivity index (χ4n) is 2.87. The van der Waals surface area contributed by atoms with Crippen LogP contribution in [0.2, 0.25) is 5.28 Å². The molecule has 2 heterocycles. The van der Waals surface area contributed by atoms with Crippen molar-refractivity contribution in [1.29, 1.82) is 0 Å². The molecule has 0 saturated carbocycles. The SMILES string of the molecule is CC.CC(C)Sc1ccccc1Nc1nc(Cl)ncc1N1CCCCC1. The fraction of sp³-hybridized carbons (Fsp3) is 0.500. The number of benzene rings is 1. The summed E-state index contributed by atoms with van der Waals surface area (Å²) < 4.78 is 0. The number of hydrogen-bond acceptors (Lipinski definition) is 5. The van der Waals surface area contributed by atoms with Gasteiger partial charge in [-0.2, -0.15) is 4.98 Å². The molecule has 3 rings (SSSR count). The molecule has 142 valence electrons. The van der Waals surface area contributed by atoms with E-state index in [1.165, 1.54) is 24.2 Å². The monoisotopic (exact) mass is 392 g/mol. The zero-order valence-electron chi connectivity index (χ0n) is 16.1. The van der Waals surface area contributed by atoms with Crippen molar-refractivity contribution >= 4 is 40.6 Å². The Morgan fingerprint density at radius 2 is 1.81 bits per heavy atom. The number of aromatic nitrogens is 2. The topological polar surface area (TPSA) is 41.1 Å². The van der Waals surface area contributed by atoms with E-state index in [9.17, 15) is 0 Å². The third kappa shape index (κ3) is 5.78. The summed E-state index contributed by atoms with van der Waals surface area (Å²) in [6.45, 7) is 10.5. The Bertz CT molecular complexity index is 687. The molecule has 6 heteroatoms. The molecule has 1 saturated heterocycles. The molecule has 4 nitrogen and oxygen atoms in total. The van der Waals surface area contributed by atoms with Gasteiger partial charge in [-0.15, -0.1) is 11.8 Å². The van der Waals surface area contributed by atoms with Crippen LogP contribution in [0.25, 0.3) is 0 Å². The van der Waals surface area contributed by atoms with Crippen LogP contribution in [0.4, 0.5) is 17.2 Å². The molecular formula is C20H29ClN4S. The van der Waals surface area contributed by atoms with Crippen LogP contribution in [0.3, 0.4) is 0 Å². The molecule has 0 aliphatic carbocycles. The van der Waals surface area contributed by atoms with Gasteiger partial charge in [-0.1, -0.05) is 39.8 Å². The third-order valence-corrected chi connectivity index (χ3v) is 5.20. The Morgan fingerprint density at radius 3 is 2.50 bits per heavy atom. The van der Waals surface area contributed by atoms with Gasteiger partial charge < -0.3 is 10.2 Å². The number of hydrogen-bond donors (Lipinski definition) is 1. The first kappa shape index (κ1) is 20.8. The van der Waals surface area contributed by atoms with E-state index in [0.717, 1.165) is 30.3 Å². The van der Waals surface area contributed by atoms with Gasteiger partial charge >= 0.3 is 0 Å². The Balaban J connectivity index is 0.00000117. The van der Waals surface area contributed by atoms with E-state index in [2.05, 4.69) is 52.2 Å². The highest BCUT2D eigenvalue weighted by atomic mass is 35.5. The van der Waals surface area contributed by atoms with E-state index >= 15 is 0 Å². The maximum absolute atomic E-state index is 6.06. The summed E-state index contributed by atoms with van der Waals surface area (Å²) in [5, 5.41) is 4.27. The molecule has 1 N–H and O–H groups in total. The number of nitrogens with one attached hydrogen (secondary N) is 1. The number of rotatable bonds is 5. The fourth-order valence-corrected chi connectivity index (χ4v) is 3.91. The van der Waals surface area contributed by atoms with Gasteiger partial charge in [0.25, 0.3) is 0 Å². The van der Waals surface area contributed by atoms with Crippen molar-refractivity contribution in [2.75, 3.05) is 23.3 Å². The second kappa shape index (κ2) is 10.6. The molecule has 1 aromatic carbocycles. The van der Waals surface area contributed by atoms with Crippen molar-refractivity contribution < 1.29 is 0 Å². The van der Waals surface area contributed by atoms with Crippen LogP contribution in [-0.2, 0) is 0 Å². The molecular weight excluding hydrogens is 364 g/mol. The minimum atomic E-state index is 0.271. The molecule has 0 atom stereocenters. The number of thioether (sulfide) groups is 1. The van der Waals surface area contributed by atoms with E-state index in [0.29, 0.717) is 5.25 Å². The molecule has 0 amide bonds.